The molecular formula is C16H14N2O2. The van der Waals surface area contributed by atoms with Crippen molar-refractivity contribution in [2.75, 3.05) is 23.9 Å². The zero-order valence-electron chi connectivity index (χ0n) is 11.3. The summed E-state index contributed by atoms with van der Waals surface area (Å²) in [5.74, 6) is -0.527. The molecule has 1 heterocycles. The Bertz CT molecular complexity index is 693. The lowest BCUT2D eigenvalue weighted by molar-refractivity contribution is 0.0926. The molecule has 2 aromatic carbocycles. The van der Waals surface area contributed by atoms with Gasteiger partial charge in [-0.2, -0.15) is 0 Å². The molecule has 0 bridgehead atoms. The zero-order valence-corrected chi connectivity index (χ0v) is 11.3. The van der Waals surface area contributed by atoms with Crippen LogP contribution in [0.25, 0.3) is 0 Å². The normalized spacial score (nSPS) is 13.6. The monoisotopic (exact) mass is 266 g/mol. The molecule has 0 N–H and O–H groups in total. The molecule has 20 heavy (non-hydrogen) atoms. The van der Waals surface area contributed by atoms with Gasteiger partial charge in [0.15, 0.2) is 0 Å². The molecule has 0 fully saturated rings. The van der Waals surface area contributed by atoms with Crippen LogP contribution < -0.4 is 9.80 Å². The highest BCUT2D eigenvalue weighted by Crippen LogP contribution is 2.33. The average molecular weight is 266 g/mol. The number of carbonyl (C=O) groups excluding carboxylic acids is 2. The number of amides is 2. The first kappa shape index (κ1) is 12.4. The summed E-state index contributed by atoms with van der Waals surface area (Å²) in [5, 5.41) is 0. The van der Waals surface area contributed by atoms with E-state index < -0.39 is 0 Å². The SMILES string of the molecule is CN(C)c1cccc2c1C(=O)N(c1ccccc1)C2=O. The zero-order chi connectivity index (χ0) is 14.3. The van der Waals surface area contributed by atoms with Crippen LogP contribution in [-0.2, 0) is 0 Å². The number of rotatable bonds is 2. The molecule has 3 rings (SSSR count). The second kappa shape index (κ2) is 4.49. The van der Waals surface area contributed by atoms with Crippen molar-refractivity contribution >= 4 is 23.2 Å². The van der Waals surface area contributed by atoms with Gasteiger partial charge in [-0.3, -0.25) is 9.59 Å². The van der Waals surface area contributed by atoms with Gasteiger partial charge in [-0.1, -0.05) is 24.3 Å². The lowest BCUT2D eigenvalue weighted by Gasteiger charge is -2.16. The Morgan fingerprint density at radius 2 is 1.55 bits per heavy atom. The molecule has 0 saturated carbocycles. The molecule has 1 aliphatic heterocycles. The van der Waals surface area contributed by atoms with Crippen LogP contribution in [0.15, 0.2) is 48.5 Å². The van der Waals surface area contributed by atoms with E-state index in [0.29, 0.717) is 16.8 Å². The van der Waals surface area contributed by atoms with E-state index in [2.05, 4.69) is 0 Å². The first-order valence-corrected chi connectivity index (χ1v) is 6.35. The molecule has 0 unspecified atom stereocenters. The minimum atomic E-state index is -0.264. The van der Waals surface area contributed by atoms with Crippen molar-refractivity contribution in [2.45, 2.75) is 0 Å². The second-order valence-electron chi connectivity index (χ2n) is 4.88. The molecule has 1 aliphatic rings. The molecule has 0 aliphatic carbocycles. The number of hydrogen-bond acceptors (Lipinski definition) is 3. The average Bonchev–Trinajstić information content (AvgIpc) is 2.72. The number of imide groups is 1. The summed E-state index contributed by atoms with van der Waals surface area (Å²) < 4.78 is 0. The van der Waals surface area contributed by atoms with E-state index in [1.54, 1.807) is 24.3 Å². The highest BCUT2D eigenvalue weighted by molar-refractivity contribution is 6.36. The Morgan fingerprint density at radius 3 is 2.20 bits per heavy atom. The maximum absolute atomic E-state index is 12.6. The highest BCUT2D eigenvalue weighted by atomic mass is 16.2. The first-order chi connectivity index (χ1) is 9.61. The molecule has 4 nitrogen and oxygen atoms in total. The third-order valence-electron chi connectivity index (χ3n) is 3.39. The van der Waals surface area contributed by atoms with Gasteiger partial charge in [-0.05, 0) is 24.3 Å². The molecular weight excluding hydrogens is 252 g/mol. The predicted octanol–water partition coefficient (Wildman–Crippen LogP) is 2.55. The van der Waals surface area contributed by atoms with Gasteiger partial charge in [0.05, 0.1) is 16.8 Å². The first-order valence-electron chi connectivity index (χ1n) is 6.35. The van der Waals surface area contributed by atoms with Gasteiger partial charge in [-0.15, -0.1) is 0 Å². The second-order valence-corrected chi connectivity index (χ2v) is 4.88. The summed E-state index contributed by atoms with van der Waals surface area (Å²) in [7, 11) is 3.72. The maximum atomic E-state index is 12.6. The van der Waals surface area contributed by atoms with Crippen LogP contribution in [0.3, 0.4) is 0 Å². The third-order valence-corrected chi connectivity index (χ3v) is 3.39. The van der Waals surface area contributed by atoms with Gasteiger partial charge in [0.25, 0.3) is 11.8 Å². The topological polar surface area (TPSA) is 40.6 Å². The fourth-order valence-electron chi connectivity index (χ4n) is 2.45. The summed E-state index contributed by atoms with van der Waals surface area (Å²) >= 11 is 0. The smallest absolute Gasteiger partial charge is 0.268 e. The molecule has 2 amide bonds. The molecule has 2 aromatic rings. The largest absolute Gasteiger partial charge is 0.377 e. The lowest BCUT2D eigenvalue weighted by Crippen LogP contribution is -2.29. The van der Waals surface area contributed by atoms with Gasteiger partial charge >= 0.3 is 0 Å². The van der Waals surface area contributed by atoms with Crippen molar-refractivity contribution < 1.29 is 9.59 Å². The molecule has 0 aromatic heterocycles. The number of carbonyl (C=O) groups is 2. The number of anilines is 2. The summed E-state index contributed by atoms with van der Waals surface area (Å²) in [6.45, 7) is 0. The van der Waals surface area contributed by atoms with Crippen LogP contribution in [0.1, 0.15) is 20.7 Å². The van der Waals surface area contributed by atoms with Crippen LogP contribution in [0.5, 0.6) is 0 Å². The van der Waals surface area contributed by atoms with E-state index in [9.17, 15) is 9.59 Å². The number of benzene rings is 2. The summed E-state index contributed by atoms with van der Waals surface area (Å²) in [4.78, 5) is 28.2. The van der Waals surface area contributed by atoms with E-state index in [4.69, 9.17) is 0 Å². The van der Waals surface area contributed by atoms with E-state index in [0.717, 1.165) is 5.69 Å². The standard InChI is InChI=1S/C16H14N2O2/c1-17(2)13-10-6-9-12-14(13)16(20)18(15(12)19)11-7-4-3-5-8-11/h3-10H,1-2H3. The number of para-hydroxylation sites is 1. The minimum absolute atomic E-state index is 0.263. The summed E-state index contributed by atoms with van der Waals surface area (Å²) in [6, 6.07) is 14.3. The fourth-order valence-corrected chi connectivity index (χ4v) is 2.45. The van der Waals surface area contributed by atoms with Crippen molar-refractivity contribution in [2.24, 2.45) is 0 Å². The van der Waals surface area contributed by atoms with Crippen LogP contribution in [-0.4, -0.2) is 25.9 Å². The highest BCUT2D eigenvalue weighted by Gasteiger charge is 2.38. The van der Waals surface area contributed by atoms with Crippen LogP contribution in [0.4, 0.5) is 11.4 Å². The number of hydrogen-bond donors (Lipinski definition) is 0. The van der Waals surface area contributed by atoms with Crippen molar-refractivity contribution in [3.05, 3.63) is 59.7 Å². The summed E-state index contributed by atoms with van der Waals surface area (Å²) in [5.41, 5.74) is 2.30. The molecule has 4 heteroatoms. The molecule has 0 radical (unpaired) electrons. The molecule has 0 atom stereocenters. The van der Waals surface area contributed by atoms with Crippen LogP contribution in [0.2, 0.25) is 0 Å². The molecule has 0 spiro atoms. The molecule has 0 saturated heterocycles. The number of nitrogens with zero attached hydrogens (tertiary/aromatic N) is 2. The van der Waals surface area contributed by atoms with Crippen LogP contribution in [0, 0.1) is 0 Å². The van der Waals surface area contributed by atoms with Gasteiger partial charge in [0.2, 0.25) is 0 Å². The third kappa shape index (κ3) is 1.69. The van der Waals surface area contributed by atoms with Crippen molar-refractivity contribution in [3.8, 4) is 0 Å². The van der Waals surface area contributed by atoms with E-state index in [1.807, 2.05) is 43.3 Å². The van der Waals surface area contributed by atoms with E-state index in [-0.39, 0.29) is 11.8 Å². The Morgan fingerprint density at radius 1 is 0.850 bits per heavy atom. The lowest BCUT2D eigenvalue weighted by atomic mass is 10.1. The maximum Gasteiger partial charge on any atom is 0.268 e. The number of fused-ring (bicyclic) bond motifs is 1. The van der Waals surface area contributed by atoms with E-state index in [1.165, 1.54) is 4.90 Å². The predicted molar refractivity (Wildman–Crippen MR) is 78.4 cm³/mol. The summed E-state index contributed by atoms with van der Waals surface area (Å²) in [6.07, 6.45) is 0. The Labute approximate surface area is 117 Å². The quantitative estimate of drug-likeness (QED) is 0.784. The Kier molecular flexibility index (Phi) is 2.79. The van der Waals surface area contributed by atoms with Gasteiger partial charge in [-0.25, -0.2) is 4.90 Å². The molecule has 100 valence electrons. The van der Waals surface area contributed by atoms with Crippen molar-refractivity contribution in [1.29, 1.82) is 0 Å². The minimum Gasteiger partial charge on any atom is -0.377 e. The van der Waals surface area contributed by atoms with E-state index >= 15 is 0 Å². The Balaban J connectivity index is 2.16. The van der Waals surface area contributed by atoms with Crippen LogP contribution >= 0.6 is 0 Å². The fraction of sp³-hybridized carbons (Fsp3) is 0.125. The van der Waals surface area contributed by atoms with Crippen molar-refractivity contribution in [3.63, 3.8) is 0 Å². The Hall–Kier alpha value is -2.62. The van der Waals surface area contributed by atoms with Crippen molar-refractivity contribution in [1.82, 2.24) is 0 Å². The van der Waals surface area contributed by atoms with Gasteiger partial charge in [0.1, 0.15) is 0 Å². The van der Waals surface area contributed by atoms with Gasteiger partial charge in [0, 0.05) is 19.8 Å². The van der Waals surface area contributed by atoms with Gasteiger partial charge < -0.3 is 4.90 Å².